The topological polar surface area (TPSA) is 101 Å². The van der Waals surface area contributed by atoms with Gasteiger partial charge in [-0.05, 0) is 85.4 Å². The molecule has 0 atom stereocenters. The number of carbonyl (C=O) groups is 3. The quantitative estimate of drug-likeness (QED) is 0.176. The zero-order valence-corrected chi connectivity index (χ0v) is 23.0. The molecule has 0 aliphatic heterocycles. The van der Waals surface area contributed by atoms with Crippen LogP contribution in [0.2, 0.25) is 0 Å². The van der Waals surface area contributed by atoms with Gasteiger partial charge in [0.15, 0.2) is 5.78 Å². The maximum atomic E-state index is 12.6. The number of nitrogens with one attached hydrogen (secondary N) is 2. The third-order valence-electron chi connectivity index (χ3n) is 6.86. The predicted molar refractivity (Wildman–Crippen MR) is 155 cm³/mol. The highest BCUT2D eigenvalue weighted by molar-refractivity contribution is 6.04. The second kappa shape index (κ2) is 12.8. The van der Waals surface area contributed by atoms with E-state index in [0.717, 1.165) is 33.4 Å². The van der Waals surface area contributed by atoms with E-state index in [2.05, 4.69) is 9.97 Å². The Bertz CT molecular complexity index is 1460. The van der Waals surface area contributed by atoms with Crippen LogP contribution in [0.4, 0.5) is 0 Å². The van der Waals surface area contributed by atoms with E-state index >= 15 is 0 Å². The maximum absolute atomic E-state index is 12.6. The molecule has 4 aromatic rings. The summed E-state index contributed by atoms with van der Waals surface area (Å²) in [6.45, 7) is 7.78. The van der Waals surface area contributed by atoms with E-state index in [1.54, 1.807) is 12.2 Å². The second-order valence-corrected chi connectivity index (χ2v) is 9.52. The van der Waals surface area contributed by atoms with E-state index in [0.29, 0.717) is 22.8 Å². The third kappa shape index (κ3) is 6.74. The lowest BCUT2D eigenvalue weighted by molar-refractivity contribution is -0.110. The van der Waals surface area contributed by atoms with E-state index in [9.17, 15) is 14.4 Å². The average molecular weight is 537 g/mol. The minimum Gasteiger partial charge on any atom is -0.456 e. The van der Waals surface area contributed by atoms with Gasteiger partial charge in [0.1, 0.15) is 24.6 Å². The summed E-state index contributed by atoms with van der Waals surface area (Å²) in [6.07, 6.45) is 6.13. The van der Waals surface area contributed by atoms with E-state index in [-0.39, 0.29) is 19.0 Å². The molecule has 0 aliphatic rings. The summed E-state index contributed by atoms with van der Waals surface area (Å²) >= 11 is 0. The van der Waals surface area contributed by atoms with E-state index in [1.807, 2.05) is 88.4 Å². The molecule has 0 fully saturated rings. The predicted octanol–water partition coefficient (Wildman–Crippen LogP) is 6.59. The Kier molecular flexibility index (Phi) is 8.96. The molecule has 0 saturated heterocycles. The van der Waals surface area contributed by atoms with Crippen molar-refractivity contribution >= 4 is 29.9 Å². The van der Waals surface area contributed by atoms with Crippen molar-refractivity contribution in [1.82, 2.24) is 9.97 Å². The van der Waals surface area contributed by atoms with Gasteiger partial charge in [-0.25, -0.2) is 9.59 Å². The van der Waals surface area contributed by atoms with Gasteiger partial charge in [-0.15, -0.1) is 0 Å². The third-order valence-corrected chi connectivity index (χ3v) is 6.86. The minimum atomic E-state index is -0.453. The lowest BCUT2D eigenvalue weighted by Gasteiger charge is -2.04. The van der Waals surface area contributed by atoms with Crippen LogP contribution in [-0.4, -0.2) is 27.7 Å². The number of hydrogen-bond donors (Lipinski definition) is 2. The second-order valence-electron chi connectivity index (χ2n) is 9.52. The van der Waals surface area contributed by atoms with Crippen molar-refractivity contribution in [2.45, 2.75) is 40.9 Å². The van der Waals surface area contributed by atoms with Gasteiger partial charge in [0, 0.05) is 11.4 Å². The molecular weight excluding hydrogens is 504 g/mol. The number of H-pyrrole nitrogens is 2. The molecule has 0 aliphatic carbocycles. The fourth-order valence-electron chi connectivity index (χ4n) is 4.14. The van der Waals surface area contributed by atoms with Crippen molar-refractivity contribution in [3.05, 3.63) is 129 Å². The zero-order chi connectivity index (χ0) is 28.6. The number of allylic oxidation sites excluding steroid dienone is 2. The van der Waals surface area contributed by atoms with Crippen molar-refractivity contribution in [2.75, 3.05) is 0 Å². The molecule has 0 radical (unpaired) electrons. The normalized spacial score (nSPS) is 11.3. The van der Waals surface area contributed by atoms with Crippen LogP contribution in [0.5, 0.6) is 0 Å². The van der Waals surface area contributed by atoms with Gasteiger partial charge in [0.2, 0.25) is 0 Å². The Hall–Kier alpha value is -4.91. The van der Waals surface area contributed by atoms with Crippen LogP contribution < -0.4 is 0 Å². The van der Waals surface area contributed by atoms with Gasteiger partial charge in [-0.1, -0.05) is 60.7 Å². The fourth-order valence-corrected chi connectivity index (χ4v) is 4.14. The highest BCUT2D eigenvalue weighted by Gasteiger charge is 2.18. The maximum Gasteiger partial charge on any atom is 0.355 e. The van der Waals surface area contributed by atoms with Gasteiger partial charge < -0.3 is 19.4 Å². The lowest BCUT2D eigenvalue weighted by Crippen LogP contribution is -2.07. The number of ether oxygens (including phenoxy) is 2. The Morgan fingerprint density at radius 3 is 1.35 bits per heavy atom. The zero-order valence-electron chi connectivity index (χ0n) is 23.0. The monoisotopic (exact) mass is 536 g/mol. The number of carbonyl (C=O) groups excluding carboxylic acids is 3. The van der Waals surface area contributed by atoms with Crippen LogP contribution in [0.1, 0.15) is 65.7 Å². The first-order valence-corrected chi connectivity index (χ1v) is 12.9. The number of rotatable bonds is 10. The first kappa shape index (κ1) is 28.1. The molecule has 7 heteroatoms. The van der Waals surface area contributed by atoms with E-state index in [4.69, 9.17) is 9.47 Å². The van der Waals surface area contributed by atoms with Gasteiger partial charge in [-0.2, -0.15) is 0 Å². The van der Waals surface area contributed by atoms with E-state index in [1.165, 1.54) is 12.2 Å². The molecule has 0 amide bonds. The summed E-state index contributed by atoms with van der Waals surface area (Å²) < 4.78 is 10.9. The van der Waals surface area contributed by atoms with Crippen molar-refractivity contribution in [3.63, 3.8) is 0 Å². The Labute approximate surface area is 233 Å². The van der Waals surface area contributed by atoms with Crippen molar-refractivity contribution in [2.24, 2.45) is 0 Å². The van der Waals surface area contributed by atoms with Crippen molar-refractivity contribution in [3.8, 4) is 0 Å². The van der Waals surface area contributed by atoms with Crippen LogP contribution in [-0.2, 0) is 27.5 Å². The molecule has 0 saturated carbocycles. The molecular formula is C33H32N2O5. The van der Waals surface area contributed by atoms with Gasteiger partial charge in [-0.3, -0.25) is 4.79 Å². The van der Waals surface area contributed by atoms with Crippen LogP contribution in [0.3, 0.4) is 0 Å². The lowest BCUT2D eigenvalue weighted by atomic mass is 10.1. The summed E-state index contributed by atoms with van der Waals surface area (Å²) in [5.74, 6) is -1.16. The number of benzene rings is 2. The standard InChI is InChI=1S/C33H32N2O5/c1-21-23(3)30(32(37)39-19-25-11-7-5-8-12-25)34-28(21)17-15-27(36)16-18-29-22(2)24(4)31(35-29)33(38)40-20-26-13-9-6-10-14-26/h5-18,34-35H,19-20H2,1-4H3/b17-15+,18-16+. The molecule has 2 heterocycles. The number of hydrogen-bond acceptors (Lipinski definition) is 5. The van der Waals surface area contributed by atoms with Gasteiger partial charge >= 0.3 is 11.9 Å². The van der Waals surface area contributed by atoms with Crippen LogP contribution in [0, 0.1) is 27.7 Å². The number of aromatic nitrogens is 2. The summed E-state index contributed by atoms with van der Waals surface area (Å²) in [6, 6.07) is 18.9. The molecule has 4 rings (SSSR count). The molecule has 204 valence electrons. The smallest absolute Gasteiger partial charge is 0.355 e. The molecule has 0 bridgehead atoms. The molecule has 2 aromatic carbocycles. The Morgan fingerprint density at radius 2 is 0.975 bits per heavy atom. The van der Waals surface area contributed by atoms with Gasteiger partial charge in [0.25, 0.3) is 0 Å². The SMILES string of the molecule is Cc1c(/C=C/C(=O)/C=C/c2[nH]c(C(=O)OCc3ccccc3)c(C)c2C)[nH]c(C(=O)OCc2ccccc2)c1C. The highest BCUT2D eigenvalue weighted by atomic mass is 16.5. The Balaban J connectivity index is 1.38. The first-order valence-electron chi connectivity index (χ1n) is 12.9. The Morgan fingerprint density at radius 1 is 0.600 bits per heavy atom. The van der Waals surface area contributed by atoms with Crippen LogP contribution in [0.15, 0.2) is 72.8 Å². The first-order chi connectivity index (χ1) is 19.2. The summed E-state index contributed by atoms with van der Waals surface area (Å²) in [5.41, 5.74) is 7.08. The highest BCUT2D eigenvalue weighted by Crippen LogP contribution is 2.21. The number of ketones is 1. The average Bonchev–Trinajstić information content (AvgIpc) is 3.43. The largest absolute Gasteiger partial charge is 0.456 e. The van der Waals surface area contributed by atoms with Gasteiger partial charge in [0.05, 0.1) is 0 Å². The number of aromatic amines is 2. The summed E-state index contributed by atoms with van der Waals surface area (Å²) in [4.78, 5) is 44.0. The van der Waals surface area contributed by atoms with Crippen molar-refractivity contribution < 1.29 is 23.9 Å². The fraction of sp³-hybridized carbons (Fsp3) is 0.182. The molecule has 7 nitrogen and oxygen atoms in total. The van der Waals surface area contributed by atoms with Crippen LogP contribution in [0.25, 0.3) is 12.2 Å². The molecule has 40 heavy (non-hydrogen) atoms. The molecule has 2 N–H and O–H groups in total. The summed E-state index contributed by atoms with van der Waals surface area (Å²) in [5, 5.41) is 0. The molecule has 0 spiro atoms. The van der Waals surface area contributed by atoms with E-state index < -0.39 is 11.9 Å². The molecule has 0 unspecified atom stereocenters. The molecule has 2 aromatic heterocycles. The van der Waals surface area contributed by atoms with Crippen molar-refractivity contribution in [1.29, 1.82) is 0 Å². The number of esters is 2. The summed E-state index contributed by atoms with van der Waals surface area (Å²) in [7, 11) is 0. The van der Waals surface area contributed by atoms with Crippen LogP contribution >= 0.6 is 0 Å². The minimum absolute atomic E-state index is 0.176.